The molecular formula is C14H20N4O2. The van der Waals surface area contributed by atoms with Crippen LogP contribution in [0, 0.1) is 0 Å². The fourth-order valence-corrected chi connectivity index (χ4v) is 1.92. The van der Waals surface area contributed by atoms with Gasteiger partial charge in [0, 0.05) is 19.8 Å². The van der Waals surface area contributed by atoms with Gasteiger partial charge in [-0.2, -0.15) is 0 Å². The zero-order chi connectivity index (χ0) is 14.2. The number of aromatic nitrogens is 3. The summed E-state index contributed by atoms with van der Waals surface area (Å²) in [6.07, 6.45) is 0.964. The van der Waals surface area contributed by atoms with Crippen LogP contribution in [0.4, 0.5) is 0 Å². The summed E-state index contributed by atoms with van der Waals surface area (Å²) < 4.78 is 6.65. The maximum Gasteiger partial charge on any atom is 0.277 e. The quantitative estimate of drug-likeness (QED) is 0.723. The van der Waals surface area contributed by atoms with Gasteiger partial charge in [0.1, 0.15) is 5.52 Å². The first-order chi connectivity index (χ1) is 9.83. The monoisotopic (exact) mass is 276 g/mol. The highest BCUT2D eigenvalue weighted by atomic mass is 16.5. The first kappa shape index (κ1) is 14.6. The first-order valence-corrected chi connectivity index (χ1v) is 6.94. The van der Waals surface area contributed by atoms with Crippen molar-refractivity contribution < 1.29 is 4.74 Å². The average molecular weight is 276 g/mol. The average Bonchev–Trinajstić information content (AvgIpc) is 2.49. The molecule has 20 heavy (non-hydrogen) atoms. The molecule has 1 heterocycles. The molecule has 0 aliphatic rings. The number of hydrogen-bond donors (Lipinski definition) is 1. The SMILES string of the molecule is CCOCCCNCCn1nnc2ccccc2c1=O. The van der Waals surface area contributed by atoms with Gasteiger partial charge in [0.15, 0.2) is 0 Å². The van der Waals surface area contributed by atoms with Crippen LogP contribution in [-0.4, -0.2) is 41.3 Å². The molecule has 0 bridgehead atoms. The highest BCUT2D eigenvalue weighted by Gasteiger charge is 2.03. The van der Waals surface area contributed by atoms with E-state index in [0.717, 1.165) is 26.2 Å². The van der Waals surface area contributed by atoms with Crippen LogP contribution in [0.5, 0.6) is 0 Å². The minimum Gasteiger partial charge on any atom is -0.382 e. The fourth-order valence-electron chi connectivity index (χ4n) is 1.92. The van der Waals surface area contributed by atoms with Crippen molar-refractivity contribution in [2.45, 2.75) is 19.9 Å². The van der Waals surface area contributed by atoms with Gasteiger partial charge in [-0.1, -0.05) is 17.3 Å². The Morgan fingerprint density at radius 2 is 2.15 bits per heavy atom. The van der Waals surface area contributed by atoms with Gasteiger partial charge in [-0.3, -0.25) is 4.79 Å². The molecule has 0 amide bonds. The van der Waals surface area contributed by atoms with Gasteiger partial charge in [0.05, 0.1) is 11.9 Å². The Hall–Kier alpha value is -1.79. The molecule has 1 N–H and O–H groups in total. The minimum absolute atomic E-state index is 0.0910. The molecule has 0 spiro atoms. The van der Waals surface area contributed by atoms with Crippen molar-refractivity contribution >= 4 is 10.9 Å². The Bertz CT molecular complexity index is 597. The molecule has 0 atom stereocenters. The number of benzene rings is 1. The predicted molar refractivity (Wildman–Crippen MR) is 77.8 cm³/mol. The second-order valence-electron chi connectivity index (χ2n) is 4.44. The molecule has 6 heteroatoms. The molecule has 2 aromatic rings. The number of fused-ring (bicyclic) bond motifs is 1. The lowest BCUT2D eigenvalue weighted by molar-refractivity contribution is 0.144. The van der Waals surface area contributed by atoms with Gasteiger partial charge in [-0.05, 0) is 32.0 Å². The summed E-state index contributed by atoms with van der Waals surface area (Å²) in [5.41, 5.74) is 0.546. The smallest absolute Gasteiger partial charge is 0.277 e. The third-order valence-electron chi connectivity index (χ3n) is 2.98. The summed E-state index contributed by atoms with van der Waals surface area (Å²) in [7, 11) is 0. The lowest BCUT2D eigenvalue weighted by Gasteiger charge is -2.06. The van der Waals surface area contributed by atoms with Crippen LogP contribution in [0.3, 0.4) is 0 Å². The molecule has 0 unspecified atom stereocenters. The van der Waals surface area contributed by atoms with Gasteiger partial charge >= 0.3 is 0 Å². The number of nitrogens with one attached hydrogen (secondary N) is 1. The van der Waals surface area contributed by atoms with Crippen molar-refractivity contribution in [2.75, 3.05) is 26.3 Å². The number of rotatable bonds is 8. The summed E-state index contributed by atoms with van der Waals surface area (Å²) in [6, 6.07) is 7.25. The lowest BCUT2D eigenvalue weighted by Crippen LogP contribution is -2.30. The molecule has 108 valence electrons. The van der Waals surface area contributed by atoms with E-state index in [1.54, 1.807) is 12.1 Å². The number of ether oxygens (including phenoxy) is 1. The summed E-state index contributed by atoms with van der Waals surface area (Å²) in [6.45, 7) is 5.58. The van der Waals surface area contributed by atoms with E-state index in [1.807, 2.05) is 19.1 Å². The standard InChI is InChI=1S/C14H20N4O2/c1-2-20-11-5-8-15-9-10-18-14(19)12-6-3-4-7-13(12)16-17-18/h3-4,6-7,15H,2,5,8-11H2,1H3. The van der Waals surface area contributed by atoms with Crippen LogP contribution in [0.25, 0.3) is 10.9 Å². The van der Waals surface area contributed by atoms with E-state index in [1.165, 1.54) is 4.68 Å². The third kappa shape index (κ3) is 3.85. The predicted octanol–water partition coefficient (Wildman–Crippen LogP) is 0.808. The van der Waals surface area contributed by atoms with Crippen LogP contribution in [-0.2, 0) is 11.3 Å². The lowest BCUT2D eigenvalue weighted by atomic mass is 10.2. The molecule has 1 aromatic heterocycles. The van der Waals surface area contributed by atoms with Gasteiger partial charge in [-0.15, -0.1) is 5.10 Å². The van der Waals surface area contributed by atoms with E-state index < -0.39 is 0 Å². The van der Waals surface area contributed by atoms with E-state index >= 15 is 0 Å². The van der Waals surface area contributed by atoms with Gasteiger partial charge in [0.2, 0.25) is 0 Å². The number of nitrogens with zero attached hydrogens (tertiary/aromatic N) is 3. The second kappa shape index (κ2) is 7.72. The van der Waals surface area contributed by atoms with Crippen molar-refractivity contribution in [1.82, 2.24) is 20.3 Å². The maximum atomic E-state index is 12.1. The molecule has 1 aromatic carbocycles. The van der Waals surface area contributed by atoms with E-state index in [4.69, 9.17) is 4.74 Å². The normalized spacial score (nSPS) is 11.1. The Balaban J connectivity index is 1.84. The molecule has 0 aliphatic carbocycles. The molecule has 0 aliphatic heterocycles. The van der Waals surface area contributed by atoms with Crippen molar-refractivity contribution in [3.8, 4) is 0 Å². The third-order valence-corrected chi connectivity index (χ3v) is 2.98. The molecule has 6 nitrogen and oxygen atoms in total. The summed E-state index contributed by atoms with van der Waals surface area (Å²) in [5, 5.41) is 11.9. The minimum atomic E-state index is -0.0910. The summed E-state index contributed by atoms with van der Waals surface area (Å²) in [4.78, 5) is 12.1. The highest BCUT2D eigenvalue weighted by molar-refractivity contribution is 5.76. The molecular weight excluding hydrogens is 256 g/mol. The zero-order valence-electron chi connectivity index (χ0n) is 11.7. The molecule has 2 rings (SSSR count). The van der Waals surface area contributed by atoms with Crippen molar-refractivity contribution in [3.05, 3.63) is 34.6 Å². The van der Waals surface area contributed by atoms with Crippen LogP contribution in [0.15, 0.2) is 29.1 Å². The largest absolute Gasteiger partial charge is 0.382 e. The topological polar surface area (TPSA) is 69.0 Å². The Labute approximate surface area is 117 Å². The summed E-state index contributed by atoms with van der Waals surface area (Å²) in [5.74, 6) is 0. The maximum absolute atomic E-state index is 12.1. The highest BCUT2D eigenvalue weighted by Crippen LogP contribution is 2.02. The van der Waals surface area contributed by atoms with E-state index in [-0.39, 0.29) is 5.56 Å². The van der Waals surface area contributed by atoms with Crippen LogP contribution in [0.2, 0.25) is 0 Å². The van der Waals surface area contributed by atoms with E-state index in [0.29, 0.717) is 24.0 Å². The van der Waals surface area contributed by atoms with Gasteiger partial charge in [-0.25, -0.2) is 4.68 Å². The first-order valence-electron chi connectivity index (χ1n) is 6.94. The fraction of sp³-hybridized carbons (Fsp3) is 0.500. The van der Waals surface area contributed by atoms with Gasteiger partial charge in [0.25, 0.3) is 5.56 Å². The molecule has 0 radical (unpaired) electrons. The summed E-state index contributed by atoms with van der Waals surface area (Å²) >= 11 is 0. The van der Waals surface area contributed by atoms with Gasteiger partial charge < -0.3 is 10.1 Å². The van der Waals surface area contributed by atoms with E-state index in [9.17, 15) is 4.79 Å². The molecule has 0 saturated carbocycles. The molecule has 0 fully saturated rings. The van der Waals surface area contributed by atoms with Crippen molar-refractivity contribution in [3.63, 3.8) is 0 Å². The molecule has 0 saturated heterocycles. The van der Waals surface area contributed by atoms with Crippen LogP contribution >= 0.6 is 0 Å². The van der Waals surface area contributed by atoms with Crippen molar-refractivity contribution in [2.24, 2.45) is 0 Å². The second-order valence-corrected chi connectivity index (χ2v) is 4.44. The van der Waals surface area contributed by atoms with Crippen molar-refractivity contribution in [1.29, 1.82) is 0 Å². The zero-order valence-corrected chi connectivity index (χ0v) is 11.7. The van der Waals surface area contributed by atoms with E-state index in [2.05, 4.69) is 15.6 Å². The van der Waals surface area contributed by atoms with Crippen LogP contribution < -0.4 is 10.9 Å². The number of hydrogen-bond acceptors (Lipinski definition) is 5. The van der Waals surface area contributed by atoms with Crippen LogP contribution in [0.1, 0.15) is 13.3 Å². The Kier molecular flexibility index (Phi) is 5.64. The Morgan fingerprint density at radius 3 is 3.00 bits per heavy atom. The Morgan fingerprint density at radius 1 is 1.30 bits per heavy atom.